The van der Waals surface area contributed by atoms with Crippen LogP contribution in [0.3, 0.4) is 0 Å². The fraction of sp³-hybridized carbons (Fsp3) is 0.312. The van der Waals surface area contributed by atoms with E-state index in [9.17, 15) is 19.5 Å². The number of amides is 3. The molecule has 3 amide bonds. The summed E-state index contributed by atoms with van der Waals surface area (Å²) in [4.78, 5) is 47.2. The van der Waals surface area contributed by atoms with Crippen molar-refractivity contribution in [2.45, 2.75) is 15.8 Å². The number of carboxylic acids is 1. The first-order valence-electron chi connectivity index (χ1n) is 9.08. The smallest absolute Gasteiger partial charge is 0.352 e. The van der Waals surface area contributed by atoms with Crippen molar-refractivity contribution in [3.63, 3.8) is 0 Å². The van der Waals surface area contributed by atoms with Gasteiger partial charge in [0, 0.05) is 16.9 Å². The van der Waals surface area contributed by atoms with E-state index in [0.29, 0.717) is 27.1 Å². The van der Waals surface area contributed by atoms with Crippen LogP contribution in [-0.4, -0.2) is 79.0 Å². The van der Waals surface area contributed by atoms with Crippen molar-refractivity contribution in [2.24, 2.45) is 5.16 Å². The Kier molecular flexibility index (Phi) is 7.01. The second-order valence-corrected chi connectivity index (χ2v) is 10.5. The lowest BCUT2D eigenvalue weighted by Crippen LogP contribution is -2.71. The minimum Gasteiger partial charge on any atom is -0.477 e. The van der Waals surface area contributed by atoms with Gasteiger partial charge in [-0.25, -0.2) is 14.6 Å². The number of carboxylic acid groups (broad SMARTS) is 1. The number of aromatic nitrogens is 3. The molecule has 0 aromatic carbocycles. The Morgan fingerprint density at radius 1 is 1.45 bits per heavy atom. The number of thiazole rings is 1. The fourth-order valence-corrected chi connectivity index (χ4v) is 6.60. The minimum absolute atomic E-state index is 0.0185. The lowest BCUT2D eigenvalue weighted by molar-refractivity contribution is -0.148. The van der Waals surface area contributed by atoms with Crippen molar-refractivity contribution in [3.05, 3.63) is 27.9 Å². The molecular formula is C16H16N8O5S4. The van der Waals surface area contributed by atoms with Gasteiger partial charge in [0.2, 0.25) is 0 Å². The van der Waals surface area contributed by atoms with Crippen molar-refractivity contribution in [1.29, 1.82) is 0 Å². The number of hydrogen-bond acceptors (Lipinski definition) is 13. The Morgan fingerprint density at radius 2 is 2.27 bits per heavy atom. The molecule has 4 rings (SSSR count). The number of nitrogen functional groups attached to an aromatic ring is 1. The maximum atomic E-state index is 12.8. The van der Waals surface area contributed by atoms with Crippen LogP contribution in [-0.2, 0) is 14.4 Å². The molecule has 0 spiro atoms. The van der Waals surface area contributed by atoms with Gasteiger partial charge >= 0.3 is 12.0 Å². The monoisotopic (exact) mass is 528 g/mol. The summed E-state index contributed by atoms with van der Waals surface area (Å²) in [6, 6.07) is -1.61. The molecule has 2 atom stereocenters. The number of urea groups is 1. The summed E-state index contributed by atoms with van der Waals surface area (Å²) in [5, 5.41) is 27.5. The molecule has 0 radical (unpaired) electrons. The molecule has 2 aromatic heterocycles. The van der Waals surface area contributed by atoms with Crippen LogP contribution in [0.15, 0.2) is 31.7 Å². The topological polar surface area (TPSA) is 185 Å². The van der Waals surface area contributed by atoms with Gasteiger partial charge in [-0.1, -0.05) is 28.3 Å². The van der Waals surface area contributed by atoms with Crippen LogP contribution in [0, 0.1) is 0 Å². The zero-order chi connectivity index (χ0) is 23.5. The van der Waals surface area contributed by atoms with Gasteiger partial charge in [-0.05, 0) is 5.57 Å². The van der Waals surface area contributed by atoms with Crippen LogP contribution in [0.4, 0.5) is 9.93 Å². The van der Waals surface area contributed by atoms with Gasteiger partial charge in [-0.15, -0.1) is 33.3 Å². The number of nitrogens with two attached hydrogens (primary N) is 1. The van der Waals surface area contributed by atoms with Gasteiger partial charge in [0.1, 0.15) is 35.4 Å². The highest BCUT2D eigenvalue weighted by Crippen LogP contribution is 2.41. The molecule has 2 aromatic rings. The summed E-state index contributed by atoms with van der Waals surface area (Å²) in [5.41, 5.74) is 8.06. The van der Waals surface area contributed by atoms with Crippen molar-refractivity contribution < 1.29 is 24.3 Å². The first-order chi connectivity index (χ1) is 15.9. The first kappa shape index (κ1) is 23.3. The summed E-state index contributed by atoms with van der Waals surface area (Å²) in [7, 11) is 1.31. The molecule has 2 aliphatic rings. The van der Waals surface area contributed by atoms with Crippen LogP contribution in [0.5, 0.6) is 0 Å². The van der Waals surface area contributed by atoms with E-state index in [1.165, 1.54) is 46.9 Å². The molecule has 1 saturated heterocycles. The third kappa shape index (κ3) is 4.90. The number of β-lactam (4-membered cyclic amide) rings is 1. The molecule has 4 heterocycles. The minimum atomic E-state index is -1.19. The van der Waals surface area contributed by atoms with Crippen LogP contribution < -0.4 is 16.4 Å². The highest BCUT2D eigenvalue weighted by molar-refractivity contribution is 8.01. The zero-order valence-electron chi connectivity index (χ0n) is 16.8. The highest BCUT2D eigenvalue weighted by atomic mass is 32.2. The number of carbonyl (C=O) groups excluding carboxylic acids is 2. The first-order valence-corrected chi connectivity index (χ1v) is 12.9. The van der Waals surface area contributed by atoms with Crippen LogP contribution >= 0.6 is 46.2 Å². The Hall–Kier alpha value is -2.89. The van der Waals surface area contributed by atoms with Gasteiger partial charge in [0.15, 0.2) is 15.3 Å². The average Bonchev–Trinajstić information content (AvgIpc) is 3.46. The predicted molar refractivity (Wildman–Crippen MR) is 124 cm³/mol. The van der Waals surface area contributed by atoms with E-state index in [0.717, 1.165) is 11.3 Å². The van der Waals surface area contributed by atoms with Crippen molar-refractivity contribution >= 4 is 75.1 Å². The Labute approximate surface area is 202 Å². The van der Waals surface area contributed by atoms with Crippen molar-refractivity contribution in [1.82, 2.24) is 30.7 Å². The maximum absolute atomic E-state index is 12.8. The molecule has 33 heavy (non-hydrogen) atoms. The number of carbonyl (C=O) groups is 3. The van der Waals surface area contributed by atoms with E-state index < -0.39 is 29.3 Å². The van der Waals surface area contributed by atoms with E-state index >= 15 is 0 Å². The lowest BCUT2D eigenvalue weighted by Gasteiger charge is -2.49. The normalized spacial score (nSPS) is 20.2. The van der Waals surface area contributed by atoms with E-state index in [2.05, 4.69) is 31.0 Å². The summed E-state index contributed by atoms with van der Waals surface area (Å²) in [6.45, 7) is 0. The molecule has 2 aliphatic heterocycles. The summed E-state index contributed by atoms with van der Waals surface area (Å²) in [6.07, 6.45) is 0. The van der Waals surface area contributed by atoms with Gasteiger partial charge in [0.05, 0.1) is 0 Å². The van der Waals surface area contributed by atoms with Gasteiger partial charge in [-0.3, -0.25) is 15.0 Å². The molecule has 17 heteroatoms. The second kappa shape index (κ2) is 9.94. The number of rotatable bonds is 7. The Morgan fingerprint density at radius 3 is 2.91 bits per heavy atom. The number of amidine groups is 1. The number of thioether (sulfide) groups is 2. The largest absolute Gasteiger partial charge is 0.477 e. The van der Waals surface area contributed by atoms with E-state index in [1.54, 1.807) is 10.9 Å². The van der Waals surface area contributed by atoms with Crippen LogP contribution in [0.25, 0.3) is 0 Å². The molecule has 5 N–H and O–H groups in total. The second-order valence-electron chi connectivity index (χ2n) is 6.43. The van der Waals surface area contributed by atoms with E-state index in [4.69, 9.17) is 10.6 Å². The Balaban J connectivity index is 1.43. The average molecular weight is 529 g/mol. The number of anilines is 1. The Bertz CT molecular complexity index is 1130. The summed E-state index contributed by atoms with van der Waals surface area (Å²) < 4.78 is 0.709. The fourth-order valence-electron chi connectivity index (χ4n) is 3.08. The standard InChI is InChI=1S/C16H16N8O5S4/c1-29-23-10(7-4-31-14(17)19-7)21-15(28)20-8-11(25)24-9(13(26)27)6(2-30-12(8)24)3-32-16-22-18-5-33-16/h4-5,8,12H,2-3H2,1H3,(H2,17,19)(H,26,27)(H2,20,21,23,28)/t8?,12-/m0/s1. The number of nitrogens with one attached hydrogen (secondary N) is 2. The zero-order valence-corrected chi connectivity index (χ0v) is 20.0. The SMILES string of the molecule is CON=C(NC(=O)NC1C(=O)N2C(C(=O)O)=C(CSc3nncs3)CS[C@@H]12)c1csc(N)n1. The van der Waals surface area contributed by atoms with Crippen LogP contribution in [0.2, 0.25) is 0 Å². The molecule has 0 bridgehead atoms. The summed E-state index contributed by atoms with van der Waals surface area (Å²) >= 11 is 5.25. The third-order valence-electron chi connectivity index (χ3n) is 4.43. The van der Waals surface area contributed by atoms with Gasteiger partial charge in [-0.2, -0.15) is 0 Å². The highest BCUT2D eigenvalue weighted by Gasteiger charge is 2.54. The van der Waals surface area contributed by atoms with Gasteiger partial charge in [0.25, 0.3) is 5.91 Å². The van der Waals surface area contributed by atoms with Gasteiger partial charge < -0.3 is 21.0 Å². The predicted octanol–water partition coefficient (Wildman–Crippen LogP) is 0.599. The molecule has 1 unspecified atom stereocenters. The third-order valence-corrected chi connectivity index (χ3v) is 8.39. The molecule has 13 nitrogen and oxygen atoms in total. The number of oxime groups is 1. The number of nitrogens with zero attached hydrogens (tertiary/aromatic N) is 5. The van der Waals surface area contributed by atoms with Crippen molar-refractivity contribution in [2.75, 3.05) is 24.3 Å². The van der Waals surface area contributed by atoms with E-state index in [1.807, 2.05) is 0 Å². The number of fused-ring (bicyclic) bond motifs is 1. The molecule has 1 fully saturated rings. The maximum Gasteiger partial charge on any atom is 0.352 e. The lowest BCUT2D eigenvalue weighted by atomic mass is 10.0. The van der Waals surface area contributed by atoms with Crippen LogP contribution in [0.1, 0.15) is 5.69 Å². The summed E-state index contributed by atoms with van der Waals surface area (Å²) in [5.74, 6) is -0.922. The molecule has 0 aliphatic carbocycles. The molecular weight excluding hydrogens is 512 g/mol. The number of aliphatic carboxylic acids is 1. The molecule has 0 saturated carbocycles. The quantitative estimate of drug-likeness (QED) is 0.130. The van der Waals surface area contributed by atoms with E-state index in [-0.39, 0.29) is 16.7 Å². The number of hydrogen-bond donors (Lipinski definition) is 4. The molecule has 174 valence electrons. The van der Waals surface area contributed by atoms with Crippen molar-refractivity contribution in [3.8, 4) is 0 Å².